The molecule has 0 heterocycles. The van der Waals surface area contributed by atoms with Crippen LogP contribution in [0.2, 0.25) is 0 Å². The third kappa shape index (κ3) is 381. The van der Waals surface area contributed by atoms with E-state index in [9.17, 15) is 0 Å². The van der Waals surface area contributed by atoms with E-state index in [4.69, 9.17) is 0 Å². The average molecular weight is 105 g/mol. The second-order valence-electron chi connectivity index (χ2n) is 0. The molecule has 0 aromatic carbocycles. The monoisotopic (exact) mass is 105 g/mol. The zero-order valence-corrected chi connectivity index (χ0v) is 3.94. The Hall–Kier alpha value is -0.270. The van der Waals surface area contributed by atoms with Crippen LogP contribution < -0.4 is 30.8 Å². The Bertz CT molecular complexity index is 3.90. The molecular weight excluding hydrogens is 89.0 g/mol. The van der Waals surface area contributed by atoms with E-state index >= 15 is 0 Å². The minimum Gasteiger partial charge on any atom is -0.344 e. The summed E-state index contributed by atoms with van der Waals surface area (Å²) in [6.45, 7) is 0. The lowest BCUT2D eigenvalue weighted by Gasteiger charge is -0.345. The fourth-order valence-electron chi connectivity index (χ4n) is 0. The first-order valence-electron chi connectivity index (χ1n) is 0. The summed E-state index contributed by atoms with van der Waals surface area (Å²) in [7, 11) is 0. The van der Waals surface area contributed by atoms with E-state index in [0.717, 1.165) is 0 Å². The van der Waals surface area contributed by atoms with E-state index < -0.39 is 0 Å². The summed E-state index contributed by atoms with van der Waals surface area (Å²) in [5, 5.41) is 0. The molecule has 0 rings (SSSR count). The van der Waals surface area contributed by atoms with Crippen LogP contribution in [0.25, 0.3) is 0 Å². The van der Waals surface area contributed by atoms with Crippen LogP contribution in [-0.2, 0) is 0 Å². The summed E-state index contributed by atoms with van der Waals surface area (Å²) in [5.41, 5.74) is 0. The smallest absolute Gasteiger partial charge is 0.269 e. The molecule has 0 aliphatic rings. The molecule has 0 fully saturated rings. The van der Waals surface area contributed by atoms with Crippen LogP contribution in [0.4, 0.5) is 4.70 Å². The Kier molecular flexibility index (Phi) is 265000. The molecule has 5 nitrogen and oxygen atoms in total. The lowest BCUT2D eigenvalue weighted by atomic mass is 14.0. The van der Waals surface area contributed by atoms with Crippen LogP contribution in [0.3, 0.4) is 0 Å². The maximum absolute atomic E-state index is 0. The van der Waals surface area contributed by atoms with E-state index in [1.54, 1.807) is 0 Å². The van der Waals surface area contributed by atoms with Crippen LogP contribution in [0.15, 0.2) is 0 Å². The zero-order chi connectivity index (χ0) is 0. The normalized spacial score (nSPS) is 0. The van der Waals surface area contributed by atoms with Crippen LogP contribution in [0.5, 0.6) is 0 Å². The predicted octanol–water partition coefficient (Wildman–Crippen LogP) is 0.962. The van der Waals surface area contributed by atoms with Gasteiger partial charge in [0.15, 0.2) is 0 Å². The average Bonchev–Trinajstić information content (AvgIpc) is 0. The maximum Gasteiger partial charge on any atom is -0.269 e. The van der Waals surface area contributed by atoms with Gasteiger partial charge in [0.1, 0.15) is 0 Å². The summed E-state index contributed by atoms with van der Waals surface area (Å²) in [6.07, 6.45) is 0. The lowest BCUT2D eigenvalue weighted by Crippen LogP contribution is -0.482. The molecule has 0 radical (unpaired) electrons. The SMILES string of the molecule is F.N.N.N.N.N. The largest absolute Gasteiger partial charge is 0.344 e. The molecule has 0 bridgehead atoms. The van der Waals surface area contributed by atoms with Crippen LogP contribution in [-0.4, -0.2) is 0 Å². The van der Waals surface area contributed by atoms with Gasteiger partial charge in [-0.15, -0.1) is 0 Å². The van der Waals surface area contributed by atoms with Crippen LogP contribution in [0, 0.1) is 0 Å². The third-order valence-electron chi connectivity index (χ3n) is 0. The lowest BCUT2D eigenvalue weighted by molar-refractivity contribution is 1.11. The number of hydrogen-bond acceptors (Lipinski definition) is 5. The van der Waals surface area contributed by atoms with Crippen molar-refractivity contribution in [1.82, 2.24) is 30.8 Å². The van der Waals surface area contributed by atoms with Crippen molar-refractivity contribution < 1.29 is 4.70 Å². The van der Waals surface area contributed by atoms with Gasteiger partial charge >= 0.3 is 0 Å². The Morgan fingerprint density at radius 1 is 0.333 bits per heavy atom. The molecule has 6 heteroatoms. The Morgan fingerprint density at radius 3 is 0.333 bits per heavy atom. The van der Waals surface area contributed by atoms with Gasteiger partial charge in [-0.25, -0.2) is 0 Å². The number of hydrogen-bond donors (Lipinski definition) is 5. The van der Waals surface area contributed by atoms with Gasteiger partial charge in [-0.1, -0.05) is 0 Å². The van der Waals surface area contributed by atoms with Gasteiger partial charge in [-0.3, -0.25) is 4.70 Å². The van der Waals surface area contributed by atoms with Crippen molar-refractivity contribution in [2.75, 3.05) is 0 Å². The van der Waals surface area contributed by atoms with Crippen LogP contribution >= 0.6 is 0 Å². The van der Waals surface area contributed by atoms with E-state index in [1.165, 1.54) is 0 Å². The van der Waals surface area contributed by atoms with Gasteiger partial charge in [0.25, 0.3) is 0 Å². The zero-order valence-electron chi connectivity index (χ0n) is 3.94. The Morgan fingerprint density at radius 2 is 0.333 bits per heavy atom. The van der Waals surface area contributed by atoms with Gasteiger partial charge < -0.3 is 30.8 Å². The van der Waals surface area contributed by atoms with Crippen molar-refractivity contribution in [3.8, 4) is 0 Å². The van der Waals surface area contributed by atoms with Crippen molar-refractivity contribution in [3.63, 3.8) is 0 Å². The first kappa shape index (κ1) is 1760. The van der Waals surface area contributed by atoms with Crippen molar-refractivity contribution in [1.29, 1.82) is 0 Å². The fraction of sp³-hybridized carbons (Fsp3) is 0. The van der Waals surface area contributed by atoms with E-state index in [2.05, 4.69) is 0 Å². The van der Waals surface area contributed by atoms with Crippen LogP contribution in [0.1, 0.15) is 0 Å². The molecule has 0 unspecified atom stereocenters. The van der Waals surface area contributed by atoms with Gasteiger partial charge in [-0.2, -0.15) is 0 Å². The molecule has 0 aliphatic heterocycles. The highest BCUT2D eigenvalue weighted by molar-refractivity contribution is 2.14. The highest BCUT2D eigenvalue weighted by atomic mass is 19.0. The van der Waals surface area contributed by atoms with Gasteiger partial charge in [-0.05, 0) is 0 Å². The summed E-state index contributed by atoms with van der Waals surface area (Å²) in [5.74, 6) is 0. The molecule has 0 spiro atoms. The van der Waals surface area contributed by atoms with E-state index in [0.29, 0.717) is 0 Å². The first-order valence-corrected chi connectivity index (χ1v) is 0. The summed E-state index contributed by atoms with van der Waals surface area (Å²) < 4.78 is 0. The van der Waals surface area contributed by atoms with Gasteiger partial charge in [0.05, 0.1) is 0 Å². The van der Waals surface area contributed by atoms with Crippen molar-refractivity contribution in [3.05, 3.63) is 0 Å². The van der Waals surface area contributed by atoms with Gasteiger partial charge in [0, 0.05) is 0 Å². The second kappa shape index (κ2) is 903. The third-order valence-corrected chi connectivity index (χ3v) is 0. The molecule has 15 N–H and O–H groups in total. The van der Waals surface area contributed by atoms with E-state index in [-0.39, 0.29) is 35.5 Å². The highest BCUT2D eigenvalue weighted by Gasteiger charge is -0.269. The molecule has 0 aromatic rings. The minimum absolute atomic E-state index is 0. The van der Waals surface area contributed by atoms with Crippen molar-refractivity contribution in [2.24, 2.45) is 0 Å². The van der Waals surface area contributed by atoms with Crippen molar-refractivity contribution in [2.45, 2.75) is 0 Å². The number of halogens is 1. The molecule has 0 atom stereocenters. The maximum atomic E-state index is 0. The molecule has 0 aliphatic carbocycles. The standard InChI is InChI=1S/FH.5H3N/h1H;5*1H3. The minimum atomic E-state index is 0. The molecule has 6 heavy (non-hydrogen) atoms. The molecule has 0 saturated carbocycles. The number of rotatable bonds is 0. The predicted molar refractivity (Wildman–Crippen MR) is 27.6 cm³/mol. The molecular formula is H16FN5. The first-order chi connectivity index (χ1) is 0. The summed E-state index contributed by atoms with van der Waals surface area (Å²) in [4.78, 5) is 0. The molecule has 0 saturated heterocycles. The topological polar surface area (TPSA) is 175 Å². The summed E-state index contributed by atoms with van der Waals surface area (Å²) in [6, 6.07) is 0. The molecule has 0 amide bonds. The van der Waals surface area contributed by atoms with Crippen molar-refractivity contribution >= 4 is 0 Å². The van der Waals surface area contributed by atoms with Gasteiger partial charge in [0.2, 0.25) is 0 Å². The Labute approximate surface area is 36.8 Å². The van der Waals surface area contributed by atoms with E-state index in [1.807, 2.05) is 0 Å². The second-order valence-corrected chi connectivity index (χ2v) is 0. The molecule has 0 aromatic heterocycles. The Balaban J connectivity index is 0. The fourth-order valence-corrected chi connectivity index (χ4v) is 0. The quantitative estimate of drug-likeness (QED) is 0.307. The highest BCUT2D eigenvalue weighted by Crippen LogP contribution is 0.420. The summed E-state index contributed by atoms with van der Waals surface area (Å²) >= 11 is 0. The molecule has 48 valence electrons.